The van der Waals surface area contributed by atoms with Gasteiger partial charge in [-0.2, -0.15) is 0 Å². The van der Waals surface area contributed by atoms with Crippen molar-refractivity contribution >= 4 is 0 Å². The molecule has 0 aliphatic carbocycles. The van der Waals surface area contributed by atoms with Gasteiger partial charge in [-0.25, -0.2) is 0 Å². The minimum Gasteiger partial charge on any atom is -0.467 e. The van der Waals surface area contributed by atoms with Crippen molar-refractivity contribution in [3.05, 3.63) is 47.3 Å². The van der Waals surface area contributed by atoms with Crippen molar-refractivity contribution in [2.75, 3.05) is 6.54 Å². The molecule has 2 rings (SSSR count). The van der Waals surface area contributed by atoms with Crippen molar-refractivity contribution in [2.45, 2.75) is 33.6 Å². The summed E-state index contributed by atoms with van der Waals surface area (Å²) < 4.78 is 16.4. The lowest BCUT2D eigenvalue weighted by molar-refractivity contribution is 0.0795. The van der Waals surface area contributed by atoms with E-state index in [1.165, 1.54) is 0 Å². The first-order valence-electron chi connectivity index (χ1n) is 6.18. The molecule has 0 aromatic carbocycles. The van der Waals surface area contributed by atoms with Crippen molar-refractivity contribution in [1.29, 1.82) is 0 Å². The molecule has 0 radical (unpaired) electrons. The van der Waals surface area contributed by atoms with Crippen LogP contribution < -0.4 is 5.32 Å². The van der Waals surface area contributed by atoms with Crippen LogP contribution in [0.5, 0.6) is 0 Å². The van der Waals surface area contributed by atoms with Gasteiger partial charge in [-0.15, -0.1) is 0 Å². The molecule has 0 aliphatic heterocycles. The number of hydrogen-bond acceptors (Lipinski definition) is 4. The second-order valence-corrected chi connectivity index (χ2v) is 4.17. The van der Waals surface area contributed by atoms with E-state index in [2.05, 4.69) is 12.2 Å². The number of rotatable bonds is 7. The standard InChI is InChI=1S/C14H19NO3/c1-3-15-8-14-11(2)7-13(18-14)10-16-9-12-5-4-6-17-12/h4-7,15H,3,8-10H2,1-2H3. The normalized spacial score (nSPS) is 11.0. The molecular formula is C14H19NO3. The quantitative estimate of drug-likeness (QED) is 0.819. The zero-order valence-corrected chi connectivity index (χ0v) is 10.9. The molecular weight excluding hydrogens is 230 g/mol. The Hall–Kier alpha value is -1.52. The third kappa shape index (κ3) is 3.48. The lowest BCUT2D eigenvalue weighted by Gasteiger charge is -2.00. The van der Waals surface area contributed by atoms with Crippen molar-refractivity contribution in [3.8, 4) is 0 Å². The van der Waals surface area contributed by atoms with Crippen LogP contribution in [0.25, 0.3) is 0 Å². The second kappa shape index (κ2) is 6.42. The summed E-state index contributed by atoms with van der Waals surface area (Å²) >= 11 is 0. The second-order valence-electron chi connectivity index (χ2n) is 4.17. The largest absolute Gasteiger partial charge is 0.467 e. The minimum atomic E-state index is 0.466. The molecule has 0 bridgehead atoms. The van der Waals surface area contributed by atoms with Gasteiger partial charge in [0, 0.05) is 0 Å². The molecule has 0 saturated heterocycles. The molecule has 98 valence electrons. The predicted molar refractivity (Wildman–Crippen MR) is 68.0 cm³/mol. The Labute approximate surface area is 107 Å². The van der Waals surface area contributed by atoms with Gasteiger partial charge in [0.2, 0.25) is 0 Å². The maximum atomic E-state index is 5.72. The fourth-order valence-electron chi connectivity index (χ4n) is 1.72. The first-order chi connectivity index (χ1) is 8.79. The summed E-state index contributed by atoms with van der Waals surface area (Å²) in [5.41, 5.74) is 1.16. The van der Waals surface area contributed by atoms with Crippen LogP contribution in [0.1, 0.15) is 29.8 Å². The van der Waals surface area contributed by atoms with Gasteiger partial charge >= 0.3 is 0 Å². The van der Waals surface area contributed by atoms with Crippen LogP contribution in [0.15, 0.2) is 33.3 Å². The van der Waals surface area contributed by atoms with Gasteiger partial charge in [-0.05, 0) is 37.2 Å². The number of nitrogens with one attached hydrogen (secondary N) is 1. The molecule has 0 unspecified atom stereocenters. The van der Waals surface area contributed by atoms with Crippen molar-refractivity contribution in [3.63, 3.8) is 0 Å². The molecule has 0 spiro atoms. The van der Waals surface area contributed by atoms with Gasteiger partial charge in [-0.3, -0.25) is 0 Å². The van der Waals surface area contributed by atoms with Gasteiger partial charge < -0.3 is 18.9 Å². The summed E-state index contributed by atoms with van der Waals surface area (Å²) in [4.78, 5) is 0. The molecule has 0 saturated carbocycles. The average molecular weight is 249 g/mol. The van der Waals surface area contributed by atoms with E-state index in [4.69, 9.17) is 13.6 Å². The molecule has 0 fully saturated rings. The van der Waals surface area contributed by atoms with Crippen LogP contribution in [-0.2, 0) is 24.5 Å². The van der Waals surface area contributed by atoms with Crippen molar-refractivity contribution < 1.29 is 13.6 Å². The third-order valence-electron chi connectivity index (χ3n) is 2.68. The van der Waals surface area contributed by atoms with E-state index in [1.54, 1.807) is 6.26 Å². The number of hydrogen-bond donors (Lipinski definition) is 1. The highest BCUT2D eigenvalue weighted by molar-refractivity contribution is 5.19. The van der Waals surface area contributed by atoms with E-state index in [0.717, 1.165) is 35.9 Å². The Morgan fingerprint density at radius 1 is 1.28 bits per heavy atom. The van der Waals surface area contributed by atoms with Crippen molar-refractivity contribution in [2.24, 2.45) is 0 Å². The summed E-state index contributed by atoms with van der Waals surface area (Å²) in [6.07, 6.45) is 1.64. The highest BCUT2D eigenvalue weighted by atomic mass is 16.5. The Bertz CT molecular complexity index is 459. The Morgan fingerprint density at radius 3 is 2.83 bits per heavy atom. The van der Waals surface area contributed by atoms with E-state index >= 15 is 0 Å². The van der Waals surface area contributed by atoms with Gasteiger partial charge in [0.1, 0.15) is 30.5 Å². The lowest BCUT2D eigenvalue weighted by Crippen LogP contribution is -2.11. The monoisotopic (exact) mass is 249 g/mol. The molecule has 2 heterocycles. The highest BCUT2D eigenvalue weighted by Crippen LogP contribution is 2.16. The average Bonchev–Trinajstić information content (AvgIpc) is 2.97. The maximum Gasteiger partial charge on any atom is 0.130 e. The van der Waals surface area contributed by atoms with E-state index in [0.29, 0.717) is 13.2 Å². The molecule has 18 heavy (non-hydrogen) atoms. The third-order valence-corrected chi connectivity index (χ3v) is 2.68. The lowest BCUT2D eigenvalue weighted by atomic mass is 10.2. The fourth-order valence-corrected chi connectivity index (χ4v) is 1.72. The first kappa shape index (κ1) is 12.9. The van der Waals surface area contributed by atoms with Crippen LogP contribution in [0, 0.1) is 6.92 Å². The Morgan fingerprint density at radius 2 is 2.11 bits per heavy atom. The number of furan rings is 2. The van der Waals surface area contributed by atoms with E-state index in [-0.39, 0.29) is 0 Å². The van der Waals surface area contributed by atoms with E-state index in [9.17, 15) is 0 Å². The molecule has 2 aromatic heterocycles. The van der Waals surface area contributed by atoms with Gasteiger partial charge in [0.15, 0.2) is 0 Å². The van der Waals surface area contributed by atoms with Crippen LogP contribution in [0.2, 0.25) is 0 Å². The van der Waals surface area contributed by atoms with Gasteiger partial charge in [0.05, 0.1) is 12.8 Å². The molecule has 4 heteroatoms. The zero-order valence-electron chi connectivity index (χ0n) is 10.9. The summed E-state index contributed by atoms with van der Waals surface area (Å²) in [6, 6.07) is 5.77. The Kier molecular flexibility index (Phi) is 4.61. The maximum absolute atomic E-state index is 5.72. The molecule has 0 atom stereocenters. The smallest absolute Gasteiger partial charge is 0.130 e. The summed E-state index contributed by atoms with van der Waals surface area (Å²) in [7, 11) is 0. The summed E-state index contributed by atoms with van der Waals surface area (Å²) in [5.74, 6) is 2.66. The molecule has 1 N–H and O–H groups in total. The van der Waals surface area contributed by atoms with Crippen molar-refractivity contribution in [1.82, 2.24) is 5.32 Å². The zero-order chi connectivity index (χ0) is 12.8. The van der Waals surface area contributed by atoms with Gasteiger partial charge in [0.25, 0.3) is 0 Å². The molecule has 0 aliphatic rings. The van der Waals surface area contributed by atoms with E-state index < -0.39 is 0 Å². The number of aryl methyl sites for hydroxylation is 1. The number of ether oxygens (including phenoxy) is 1. The van der Waals surface area contributed by atoms with Gasteiger partial charge in [-0.1, -0.05) is 6.92 Å². The highest BCUT2D eigenvalue weighted by Gasteiger charge is 2.07. The van der Waals surface area contributed by atoms with Crippen LogP contribution >= 0.6 is 0 Å². The fraction of sp³-hybridized carbons (Fsp3) is 0.429. The van der Waals surface area contributed by atoms with Crippen LogP contribution in [0.4, 0.5) is 0 Å². The molecule has 0 amide bonds. The summed E-state index contributed by atoms with van der Waals surface area (Å²) in [5, 5.41) is 3.25. The summed E-state index contributed by atoms with van der Waals surface area (Å²) in [6.45, 7) is 6.76. The topological polar surface area (TPSA) is 47.5 Å². The Balaban J connectivity index is 1.82. The minimum absolute atomic E-state index is 0.466. The molecule has 2 aromatic rings. The SMILES string of the molecule is CCNCc1oc(COCc2ccco2)cc1C. The molecule has 4 nitrogen and oxygen atoms in total. The first-order valence-corrected chi connectivity index (χ1v) is 6.18. The predicted octanol–water partition coefficient (Wildman–Crippen LogP) is 3.01. The van der Waals surface area contributed by atoms with E-state index in [1.807, 2.05) is 25.1 Å². The van der Waals surface area contributed by atoms with Crippen LogP contribution in [-0.4, -0.2) is 6.54 Å². The van der Waals surface area contributed by atoms with Crippen LogP contribution in [0.3, 0.4) is 0 Å².